The van der Waals surface area contributed by atoms with Crippen LogP contribution in [0.5, 0.6) is 0 Å². The lowest BCUT2D eigenvalue weighted by atomic mass is 10.1. The lowest BCUT2D eigenvalue weighted by molar-refractivity contribution is 0.101. The topological polar surface area (TPSA) is 100 Å². The van der Waals surface area contributed by atoms with Crippen molar-refractivity contribution in [2.45, 2.75) is 13.0 Å². The third kappa shape index (κ3) is 2.96. The quantitative estimate of drug-likeness (QED) is 0.736. The van der Waals surface area contributed by atoms with Crippen molar-refractivity contribution in [3.05, 3.63) is 39.1 Å². The van der Waals surface area contributed by atoms with Crippen LogP contribution in [0.25, 0.3) is 0 Å². The van der Waals surface area contributed by atoms with Crippen LogP contribution in [0, 0.1) is 0 Å². The lowest BCUT2D eigenvalue weighted by Crippen LogP contribution is -2.35. The van der Waals surface area contributed by atoms with Gasteiger partial charge in [-0.3, -0.25) is 4.79 Å². The van der Waals surface area contributed by atoms with Gasteiger partial charge in [0.05, 0.1) is 22.9 Å². The van der Waals surface area contributed by atoms with E-state index in [4.69, 9.17) is 16.7 Å². The van der Waals surface area contributed by atoms with Gasteiger partial charge in [0.25, 0.3) is 5.91 Å². The molecule has 0 aromatic carbocycles. The zero-order chi connectivity index (χ0) is 17.4. The molecule has 2 N–H and O–H groups in total. The summed E-state index contributed by atoms with van der Waals surface area (Å²) in [5, 5.41) is 12.1. The molecule has 1 aliphatic rings. The van der Waals surface area contributed by atoms with E-state index in [1.165, 1.54) is 11.1 Å². The summed E-state index contributed by atoms with van der Waals surface area (Å²) in [5.41, 5.74) is 1.87. The number of nitrogens with one attached hydrogen (secondary N) is 1. The molecule has 10 heteroatoms. The highest BCUT2D eigenvalue weighted by atomic mass is 79.9. The van der Waals surface area contributed by atoms with Crippen molar-refractivity contribution in [1.82, 2.24) is 19.4 Å². The van der Waals surface area contributed by atoms with Crippen LogP contribution in [0.1, 0.15) is 22.0 Å². The van der Waals surface area contributed by atoms with Crippen molar-refractivity contribution in [3.8, 4) is 0 Å². The Kier molecular flexibility index (Phi) is 4.46. The minimum Gasteiger partial charge on any atom is -0.465 e. The third-order valence-corrected chi connectivity index (χ3v) is 5.04. The standard InChI is InChI=1S/C14H13BrClN5O3/c1-20-9-3-5-21(14(23)24)6-8(9)18-12(20)13(22)19-7-2-4-17-11(15)10(7)16/h2,4H,3,5-6H2,1H3,(H,23,24)(H,17,19,22). The predicted octanol–water partition coefficient (Wildman–Crippen LogP) is 2.52. The highest BCUT2D eigenvalue weighted by molar-refractivity contribution is 9.10. The van der Waals surface area contributed by atoms with E-state index in [1.54, 1.807) is 17.7 Å². The number of hydrogen-bond donors (Lipinski definition) is 2. The Morgan fingerprint density at radius 2 is 2.21 bits per heavy atom. The first kappa shape index (κ1) is 16.7. The Labute approximate surface area is 150 Å². The molecule has 3 rings (SSSR count). The van der Waals surface area contributed by atoms with Gasteiger partial charge in [-0.05, 0) is 22.0 Å². The van der Waals surface area contributed by atoms with Crippen LogP contribution in [0.4, 0.5) is 10.5 Å². The molecule has 0 bridgehead atoms. The summed E-state index contributed by atoms with van der Waals surface area (Å²) >= 11 is 9.29. The Morgan fingerprint density at radius 3 is 2.92 bits per heavy atom. The number of nitrogens with zero attached hydrogens (tertiary/aromatic N) is 4. The molecule has 0 radical (unpaired) electrons. The van der Waals surface area contributed by atoms with Crippen molar-refractivity contribution >= 4 is 45.2 Å². The summed E-state index contributed by atoms with van der Waals surface area (Å²) < 4.78 is 2.12. The lowest BCUT2D eigenvalue weighted by Gasteiger charge is -2.23. The first-order valence-electron chi connectivity index (χ1n) is 7.02. The van der Waals surface area contributed by atoms with Crippen LogP contribution in [0.3, 0.4) is 0 Å². The molecule has 0 atom stereocenters. The van der Waals surface area contributed by atoms with Crippen molar-refractivity contribution in [2.24, 2.45) is 7.05 Å². The van der Waals surface area contributed by atoms with Crippen LogP contribution in [0.15, 0.2) is 16.9 Å². The summed E-state index contributed by atoms with van der Waals surface area (Å²) in [6.07, 6.45) is 1.03. The maximum absolute atomic E-state index is 12.5. The van der Waals surface area contributed by atoms with E-state index in [2.05, 4.69) is 31.2 Å². The highest BCUT2D eigenvalue weighted by Crippen LogP contribution is 2.28. The fourth-order valence-corrected chi connectivity index (χ4v) is 3.08. The minimum absolute atomic E-state index is 0.174. The second-order valence-corrected chi connectivity index (χ2v) is 6.39. The van der Waals surface area contributed by atoms with E-state index in [9.17, 15) is 9.59 Å². The molecule has 2 amide bonds. The molecule has 24 heavy (non-hydrogen) atoms. The van der Waals surface area contributed by atoms with Gasteiger partial charge in [-0.2, -0.15) is 0 Å². The number of fused-ring (bicyclic) bond motifs is 1. The molecule has 0 fully saturated rings. The Balaban J connectivity index is 1.87. The van der Waals surface area contributed by atoms with Crippen LogP contribution in [-0.4, -0.2) is 43.1 Å². The number of carbonyl (C=O) groups excluding carboxylic acids is 1. The number of amides is 2. The number of aromatic nitrogens is 3. The average molecular weight is 415 g/mol. The first-order chi connectivity index (χ1) is 11.4. The van der Waals surface area contributed by atoms with Crippen LogP contribution in [0.2, 0.25) is 5.02 Å². The molecule has 0 spiro atoms. The van der Waals surface area contributed by atoms with E-state index in [1.807, 2.05) is 0 Å². The van der Waals surface area contributed by atoms with Crippen molar-refractivity contribution in [2.75, 3.05) is 11.9 Å². The van der Waals surface area contributed by atoms with E-state index in [-0.39, 0.29) is 12.4 Å². The van der Waals surface area contributed by atoms with Crippen molar-refractivity contribution < 1.29 is 14.7 Å². The van der Waals surface area contributed by atoms with Gasteiger partial charge in [0.2, 0.25) is 0 Å². The second kappa shape index (κ2) is 6.40. The fraction of sp³-hybridized carbons (Fsp3) is 0.286. The normalized spacial score (nSPS) is 13.5. The number of rotatable bonds is 2. The number of hydrogen-bond acceptors (Lipinski definition) is 4. The minimum atomic E-state index is -0.995. The van der Waals surface area contributed by atoms with Gasteiger partial charge >= 0.3 is 6.09 Å². The molecule has 0 saturated heterocycles. The summed E-state index contributed by atoms with van der Waals surface area (Å²) in [7, 11) is 1.74. The molecule has 8 nitrogen and oxygen atoms in total. The van der Waals surface area contributed by atoms with Gasteiger partial charge < -0.3 is 19.9 Å². The molecule has 2 aromatic rings. The number of pyridine rings is 1. The van der Waals surface area contributed by atoms with Crippen LogP contribution in [-0.2, 0) is 20.0 Å². The van der Waals surface area contributed by atoms with Gasteiger partial charge in [0.1, 0.15) is 4.60 Å². The van der Waals surface area contributed by atoms with Crippen LogP contribution < -0.4 is 5.32 Å². The predicted molar refractivity (Wildman–Crippen MR) is 90.2 cm³/mol. The maximum Gasteiger partial charge on any atom is 0.407 e. The van der Waals surface area contributed by atoms with Gasteiger partial charge in [-0.15, -0.1) is 0 Å². The highest BCUT2D eigenvalue weighted by Gasteiger charge is 2.27. The summed E-state index contributed by atoms with van der Waals surface area (Å²) in [6, 6.07) is 1.58. The third-order valence-electron chi connectivity index (χ3n) is 3.82. The molecule has 0 unspecified atom stereocenters. The largest absolute Gasteiger partial charge is 0.465 e. The molecule has 1 aliphatic heterocycles. The second-order valence-electron chi connectivity index (χ2n) is 5.26. The van der Waals surface area contributed by atoms with Gasteiger partial charge in [0.15, 0.2) is 5.82 Å². The monoisotopic (exact) mass is 413 g/mol. The first-order valence-corrected chi connectivity index (χ1v) is 8.19. The number of carbonyl (C=O) groups is 2. The van der Waals surface area contributed by atoms with E-state index in [0.717, 1.165) is 5.69 Å². The van der Waals surface area contributed by atoms with Gasteiger partial charge in [-0.1, -0.05) is 11.6 Å². The van der Waals surface area contributed by atoms with Crippen molar-refractivity contribution in [1.29, 1.82) is 0 Å². The zero-order valence-corrected chi connectivity index (χ0v) is 14.9. The SMILES string of the molecule is Cn1c(C(=O)Nc2ccnc(Br)c2Cl)nc2c1CCN(C(=O)O)C2. The molecular formula is C14H13BrClN5O3. The molecule has 0 saturated carbocycles. The van der Waals surface area contributed by atoms with Crippen molar-refractivity contribution in [3.63, 3.8) is 0 Å². The molecule has 0 aliphatic carbocycles. The summed E-state index contributed by atoms with van der Waals surface area (Å²) in [6.45, 7) is 0.555. The van der Waals surface area contributed by atoms with E-state index in [0.29, 0.717) is 34.0 Å². The van der Waals surface area contributed by atoms with E-state index < -0.39 is 12.0 Å². The Morgan fingerprint density at radius 1 is 1.46 bits per heavy atom. The number of halogens is 2. The molecule has 3 heterocycles. The zero-order valence-electron chi connectivity index (χ0n) is 12.6. The van der Waals surface area contributed by atoms with Crippen LogP contribution >= 0.6 is 27.5 Å². The number of anilines is 1. The average Bonchev–Trinajstić information content (AvgIpc) is 2.88. The Bertz CT molecular complexity index is 838. The summed E-state index contributed by atoms with van der Waals surface area (Å²) in [5.74, 6) is -0.218. The smallest absolute Gasteiger partial charge is 0.407 e. The number of carboxylic acid groups (broad SMARTS) is 1. The van der Waals surface area contributed by atoms with E-state index >= 15 is 0 Å². The molecule has 126 valence electrons. The van der Waals surface area contributed by atoms with Gasteiger partial charge in [0, 0.05) is 31.9 Å². The molecule has 2 aromatic heterocycles. The fourth-order valence-electron chi connectivity index (χ4n) is 2.59. The maximum atomic E-state index is 12.5. The summed E-state index contributed by atoms with van der Waals surface area (Å²) in [4.78, 5) is 33.1. The van der Waals surface area contributed by atoms with Gasteiger partial charge in [-0.25, -0.2) is 14.8 Å². The molecular weight excluding hydrogens is 402 g/mol. The number of imidazole rings is 1. The Hall–Kier alpha value is -2.13.